The molecular weight excluding hydrogens is 536 g/mol. The zero-order valence-electron chi connectivity index (χ0n) is 22.5. The predicted molar refractivity (Wildman–Crippen MR) is 138 cm³/mol. The fourth-order valence-corrected chi connectivity index (χ4v) is 4.82. The minimum absolute atomic E-state index is 0.0215. The molecule has 1 fully saturated rings. The van der Waals surface area contributed by atoms with Crippen molar-refractivity contribution in [3.63, 3.8) is 0 Å². The Morgan fingerprint density at radius 1 is 1.00 bits per heavy atom. The number of halogens is 4. The second kappa shape index (κ2) is 12.2. The Morgan fingerprint density at radius 3 is 2.17 bits per heavy atom. The fourth-order valence-electron chi connectivity index (χ4n) is 4.82. The molecule has 218 valence electrons. The summed E-state index contributed by atoms with van der Waals surface area (Å²) in [4.78, 5) is 37.8. The quantitative estimate of drug-likeness (QED) is 0.332. The molecule has 0 spiro atoms. The van der Waals surface area contributed by atoms with Gasteiger partial charge in [0.05, 0.1) is 29.2 Å². The Morgan fingerprint density at radius 2 is 1.65 bits per heavy atom. The van der Waals surface area contributed by atoms with Gasteiger partial charge in [-0.2, -0.15) is 13.2 Å². The number of alkyl halides is 3. The Kier molecular flexibility index (Phi) is 9.44. The molecule has 0 radical (unpaired) electrons. The Hall–Kier alpha value is -3.67. The number of nitrogens with one attached hydrogen (secondary N) is 2. The van der Waals surface area contributed by atoms with Gasteiger partial charge in [-0.1, -0.05) is 12.1 Å². The summed E-state index contributed by atoms with van der Waals surface area (Å²) in [5, 5.41) is 15.0. The molecule has 1 aliphatic carbocycles. The Balaban J connectivity index is 1.86. The number of carbonyl (C=O) groups excluding carboxylic acids is 2. The smallest absolute Gasteiger partial charge is 0.416 e. The van der Waals surface area contributed by atoms with Crippen LogP contribution in [-0.2, 0) is 25.2 Å². The molecule has 3 N–H and O–H groups in total. The molecule has 0 saturated heterocycles. The lowest BCUT2D eigenvalue weighted by Crippen LogP contribution is -2.45. The molecule has 3 rings (SSSR count). The maximum absolute atomic E-state index is 14.4. The number of benzene rings is 2. The highest BCUT2D eigenvalue weighted by Crippen LogP contribution is 2.44. The van der Waals surface area contributed by atoms with Gasteiger partial charge >= 0.3 is 18.2 Å². The van der Waals surface area contributed by atoms with Crippen molar-refractivity contribution in [2.24, 2.45) is 11.8 Å². The molecule has 2 aromatic carbocycles. The summed E-state index contributed by atoms with van der Waals surface area (Å²) >= 11 is 0. The molecule has 12 heteroatoms. The first-order chi connectivity index (χ1) is 18.6. The van der Waals surface area contributed by atoms with Crippen molar-refractivity contribution >= 4 is 29.3 Å². The molecule has 40 heavy (non-hydrogen) atoms. The van der Waals surface area contributed by atoms with Crippen molar-refractivity contribution in [3.05, 3.63) is 59.4 Å². The third kappa shape index (κ3) is 7.93. The Labute approximate surface area is 229 Å². The van der Waals surface area contributed by atoms with Crippen LogP contribution in [0.15, 0.2) is 42.5 Å². The summed E-state index contributed by atoms with van der Waals surface area (Å²) in [7, 11) is 0. The van der Waals surface area contributed by atoms with Crippen LogP contribution in [0.3, 0.4) is 0 Å². The van der Waals surface area contributed by atoms with Gasteiger partial charge in [0.25, 0.3) is 0 Å². The summed E-state index contributed by atoms with van der Waals surface area (Å²) in [6.45, 7) is 7.21. The Bertz CT molecular complexity index is 1230. The summed E-state index contributed by atoms with van der Waals surface area (Å²) < 4.78 is 64.1. The van der Waals surface area contributed by atoms with E-state index in [1.165, 1.54) is 0 Å². The van der Waals surface area contributed by atoms with E-state index in [4.69, 9.17) is 9.47 Å². The molecular formula is C28H32F4N2O6. The van der Waals surface area contributed by atoms with Crippen molar-refractivity contribution in [1.82, 2.24) is 0 Å². The molecule has 0 aliphatic heterocycles. The maximum Gasteiger partial charge on any atom is 0.416 e. The minimum Gasteiger partial charge on any atom is -0.481 e. The second-order valence-electron chi connectivity index (χ2n) is 10.6. The van der Waals surface area contributed by atoms with Gasteiger partial charge in [-0.15, -0.1) is 0 Å². The zero-order chi connectivity index (χ0) is 29.8. The number of aliphatic carboxylic acids is 1. The van der Waals surface area contributed by atoms with Crippen LogP contribution in [-0.4, -0.2) is 41.4 Å². The fraction of sp³-hybridized carbons (Fsp3) is 0.464. The minimum atomic E-state index is -4.77. The first-order valence-corrected chi connectivity index (χ1v) is 12.7. The van der Waals surface area contributed by atoms with Crippen LogP contribution in [0.4, 0.5) is 33.7 Å². The first-order valence-electron chi connectivity index (χ1n) is 12.7. The predicted octanol–water partition coefficient (Wildman–Crippen LogP) is 6.43. The van der Waals surface area contributed by atoms with Crippen molar-refractivity contribution in [2.75, 3.05) is 17.2 Å². The monoisotopic (exact) mass is 568 g/mol. The van der Waals surface area contributed by atoms with Crippen molar-refractivity contribution < 1.29 is 46.5 Å². The highest BCUT2D eigenvalue weighted by Gasteiger charge is 2.46. The third-order valence-corrected chi connectivity index (χ3v) is 6.46. The molecule has 1 aliphatic rings. The number of amides is 2. The normalized spacial score (nSPS) is 21.4. The lowest BCUT2D eigenvalue weighted by Gasteiger charge is -2.39. The van der Waals surface area contributed by atoms with Crippen LogP contribution in [0.25, 0.3) is 0 Å². The molecule has 4 unspecified atom stereocenters. The van der Waals surface area contributed by atoms with Gasteiger partial charge in [-0.3, -0.25) is 14.9 Å². The van der Waals surface area contributed by atoms with E-state index in [-0.39, 0.29) is 18.9 Å². The van der Waals surface area contributed by atoms with Gasteiger partial charge in [0.15, 0.2) is 0 Å². The van der Waals surface area contributed by atoms with Crippen LogP contribution in [0.1, 0.15) is 57.6 Å². The van der Waals surface area contributed by atoms with Gasteiger partial charge in [0.2, 0.25) is 5.91 Å². The number of carboxylic acid groups (broad SMARTS) is 1. The van der Waals surface area contributed by atoms with Gasteiger partial charge in [0, 0.05) is 18.2 Å². The van der Waals surface area contributed by atoms with Crippen molar-refractivity contribution in [1.29, 1.82) is 0 Å². The number of ether oxygens (including phenoxy) is 2. The number of hydrogen-bond donors (Lipinski definition) is 3. The molecule has 8 nitrogen and oxygen atoms in total. The van der Waals surface area contributed by atoms with Gasteiger partial charge in [-0.25, -0.2) is 9.18 Å². The summed E-state index contributed by atoms with van der Waals surface area (Å²) in [5.41, 5.74) is -1.42. The average molecular weight is 569 g/mol. The third-order valence-electron chi connectivity index (χ3n) is 6.46. The standard InChI is InChI=1S/C28H32F4N2O6/c1-5-39-18-13-19(15-6-9-17(10-7-15)33-26(38)40-27(2,3)4)23(25(36)37)20(14-18)24(35)34-22-11-8-16(12-21(22)29)28(30,31)32/h6-12,18-20,23H,5,13-14H2,1-4H3,(H,33,38)(H,34,35)(H,36,37). The van der Waals surface area contributed by atoms with Crippen LogP contribution in [0.2, 0.25) is 0 Å². The van der Waals surface area contributed by atoms with E-state index in [9.17, 15) is 37.1 Å². The van der Waals surface area contributed by atoms with Crippen molar-refractivity contribution in [3.8, 4) is 0 Å². The second-order valence-corrected chi connectivity index (χ2v) is 10.6. The van der Waals surface area contributed by atoms with E-state index in [1.54, 1.807) is 52.0 Å². The van der Waals surface area contributed by atoms with E-state index in [0.717, 1.165) is 6.07 Å². The number of hydrogen-bond acceptors (Lipinski definition) is 5. The molecule has 0 bridgehead atoms. The first kappa shape index (κ1) is 30.9. The van der Waals surface area contributed by atoms with Crippen LogP contribution in [0, 0.1) is 17.7 Å². The van der Waals surface area contributed by atoms with E-state index in [0.29, 0.717) is 23.9 Å². The molecule has 2 amide bonds. The van der Waals surface area contributed by atoms with E-state index >= 15 is 0 Å². The summed E-state index contributed by atoms with van der Waals surface area (Å²) in [6.07, 6.45) is -5.63. The highest BCUT2D eigenvalue weighted by molar-refractivity contribution is 5.95. The van der Waals surface area contributed by atoms with Gasteiger partial charge in [0.1, 0.15) is 11.4 Å². The lowest BCUT2D eigenvalue weighted by molar-refractivity contribution is -0.151. The molecule has 2 aromatic rings. The number of rotatable bonds is 7. The van der Waals surface area contributed by atoms with Crippen LogP contribution >= 0.6 is 0 Å². The summed E-state index contributed by atoms with van der Waals surface area (Å²) in [6, 6.07) is 8.11. The highest BCUT2D eigenvalue weighted by atomic mass is 19.4. The number of anilines is 2. The largest absolute Gasteiger partial charge is 0.481 e. The van der Waals surface area contributed by atoms with E-state index in [1.807, 2.05) is 0 Å². The average Bonchev–Trinajstić information content (AvgIpc) is 2.83. The zero-order valence-corrected chi connectivity index (χ0v) is 22.5. The van der Waals surface area contributed by atoms with Gasteiger partial charge < -0.3 is 19.9 Å². The van der Waals surface area contributed by atoms with E-state index < -0.39 is 70.7 Å². The molecule has 1 saturated carbocycles. The van der Waals surface area contributed by atoms with Gasteiger partial charge in [-0.05, 0) is 76.4 Å². The van der Waals surface area contributed by atoms with Crippen molar-refractivity contribution in [2.45, 2.75) is 64.3 Å². The summed E-state index contributed by atoms with van der Waals surface area (Å²) in [5.74, 6) is -6.50. The molecule has 4 atom stereocenters. The molecule has 0 heterocycles. The number of carbonyl (C=O) groups is 3. The SMILES string of the molecule is CCOC1CC(C(=O)Nc2ccc(C(F)(F)F)cc2F)C(C(=O)O)C(c2ccc(NC(=O)OC(C)(C)C)cc2)C1. The van der Waals surface area contributed by atoms with E-state index in [2.05, 4.69) is 10.6 Å². The van der Waals surface area contributed by atoms with Crippen LogP contribution < -0.4 is 10.6 Å². The maximum atomic E-state index is 14.4. The lowest BCUT2D eigenvalue weighted by atomic mass is 9.67. The van der Waals surface area contributed by atoms with Crippen LogP contribution in [0.5, 0.6) is 0 Å². The molecule has 0 aromatic heterocycles. The topological polar surface area (TPSA) is 114 Å². The number of carboxylic acids is 1.